The maximum atomic E-state index is 12.4. The lowest BCUT2D eigenvalue weighted by atomic mass is 10.1. The van der Waals surface area contributed by atoms with Crippen LogP contribution in [-0.4, -0.2) is 35.0 Å². The maximum absolute atomic E-state index is 12.4. The summed E-state index contributed by atoms with van der Waals surface area (Å²) in [6.07, 6.45) is 6.43. The molecule has 0 amide bonds. The van der Waals surface area contributed by atoms with E-state index in [0.29, 0.717) is 16.7 Å². The van der Waals surface area contributed by atoms with Gasteiger partial charge in [0.1, 0.15) is 17.6 Å². The predicted molar refractivity (Wildman–Crippen MR) is 174 cm³/mol. The predicted octanol–water partition coefficient (Wildman–Crippen LogP) is 5.56. The number of ether oxygens (including phenoxy) is 6. The van der Waals surface area contributed by atoms with E-state index >= 15 is 0 Å². The number of aliphatic hydroxyl groups excluding tert-OH is 1. The van der Waals surface area contributed by atoms with E-state index in [1.807, 2.05) is 6.07 Å². The fourth-order valence-electron chi connectivity index (χ4n) is 5.01. The topological polar surface area (TPSA) is 161 Å². The Labute approximate surface area is 286 Å². The largest absolute Gasteiger partial charge is 0.480 e. The van der Waals surface area contributed by atoms with E-state index in [1.54, 1.807) is 91.9 Å². The third kappa shape index (κ3) is 7.81. The van der Waals surface area contributed by atoms with Crippen molar-refractivity contribution in [2.45, 2.75) is 44.6 Å². The summed E-state index contributed by atoms with van der Waals surface area (Å²) in [6, 6.07) is 26.3. The van der Waals surface area contributed by atoms with E-state index in [9.17, 15) is 29.1 Å². The molecule has 1 N–H and O–H groups in total. The second kappa shape index (κ2) is 14.4. The summed E-state index contributed by atoms with van der Waals surface area (Å²) in [6.45, 7) is 4.56. The lowest BCUT2D eigenvalue weighted by molar-refractivity contribution is -0.243. The van der Waals surface area contributed by atoms with E-state index < -0.39 is 53.2 Å². The van der Waals surface area contributed by atoms with E-state index in [2.05, 4.69) is 0 Å². The molecule has 3 aromatic carbocycles. The highest BCUT2D eigenvalue weighted by Gasteiger charge is 2.44. The average Bonchev–Trinajstić information content (AvgIpc) is 3.07. The van der Waals surface area contributed by atoms with Crippen LogP contribution in [-0.2, 0) is 69.8 Å². The van der Waals surface area contributed by atoms with Crippen LogP contribution < -0.4 is 0 Å². The highest BCUT2D eigenvalue weighted by molar-refractivity contribution is 6.15. The van der Waals surface area contributed by atoms with E-state index in [-0.39, 0.29) is 17.6 Å². The highest BCUT2D eigenvalue weighted by atomic mass is 16.8. The normalized spacial score (nSPS) is 23.1. The fraction of sp³-hybridized carbons (Fsp3) is 0.184. The summed E-state index contributed by atoms with van der Waals surface area (Å²) in [4.78, 5) is 59.5. The third-order valence-electron chi connectivity index (χ3n) is 7.59. The number of allylic oxidation sites excluding steroid dienone is 4. The molecule has 3 aliphatic rings. The number of esters is 5. The molecule has 1 unspecified atom stereocenters. The van der Waals surface area contributed by atoms with Crippen molar-refractivity contribution < 1.29 is 57.5 Å². The smallest absolute Gasteiger partial charge is 0.349 e. The third-order valence-corrected chi connectivity index (χ3v) is 7.59. The molecule has 0 radical (unpaired) electrons. The van der Waals surface area contributed by atoms with Gasteiger partial charge in [0.2, 0.25) is 0 Å². The van der Waals surface area contributed by atoms with Crippen LogP contribution in [0.3, 0.4) is 0 Å². The van der Waals surface area contributed by atoms with Crippen LogP contribution in [0.4, 0.5) is 0 Å². The number of hydrogen-bond acceptors (Lipinski definition) is 12. The minimum Gasteiger partial charge on any atom is -0.480 e. The molecule has 0 saturated carbocycles. The van der Waals surface area contributed by atoms with Crippen molar-refractivity contribution in [1.82, 2.24) is 0 Å². The molecule has 0 bridgehead atoms. The molecule has 1 atom stereocenters. The number of benzene rings is 3. The molecule has 0 aliphatic carbocycles. The zero-order chi connectivity index (χ0) is 35.9. The van der Waals surface area contributed by atoms with Gasteiger partial charge in [0, 0.05) is 37.5 Å². The van der Waals surface area contributed by atoms with Crippen molar-refractivity contribution in [2.24, 2.45) is 0 Å². The number of carbonyl (C=O) groups excluding carboxylic acids is 5. The molecular formula is C38H32O12. The van der Waals surface area contributed by atoms with Crippen molar-refractivity contribution in [3.05, 3.63) is 155 Å². The van der Waals surface area contributed by atoms with Crippen LogP contribution in [0, 0.1) is 0 Å². The van der Waals surface area contributed by atoms with Crippen LogP contribution in [0.5, 0.6) is 0 Å². The van der Waals surface area contributed by atoms with Gasteiger partial charge >= 0.3 is 29.8 Å². The number of carbonyl (C=O) groups is 5. The van der Waals surface area contributed by atoms with Gasteiger partial charge in [0.05, 0.1) is 0 Å². The zero-order valence-electron chi connectivity index (χ0n) is 27.2. The Balaban J connectivity index is 0.000000269. The lowest BCUT2D eigenvalue weighted by Crippen LogP contribution is -2.42. The Morgan fingerprint density at radius 1 is 0.520 bits per heavy atom. The first-order valence-electron chi connectivity index (χ1n) is 15.3. The van der Waals surface area contributed by atoms with Crippen LogP contribution in [0.1, 0.15) is 43.9 Å². The molecule has 50 heavy (non-hydrogen) atoms. The van der Waals surface area contributed by atoms with E-state index in [1.165, 1.54) is 44.2 Å². The van der Waals surface area contributed by atoms with Crippen LogP contribution in [0.15, 0.2) is 138 Å². The van der Waals surface area contributed by atoms with Gasteiger partial charge in [-0.2, -0.15) is 0 Å². The summed E-state index contributed by atoms with van der Waals surface area (Å²) in [7, 11) is 0. The Bertz CT molecular complexity index is 1870. The standard InChI is InChI=1S/C27H22O8.C11H10O4/c1-26(18-12-6-3-7-13-18)32-22(28)20(23(29)33-26)16-10-5-11-17-21-24(30)34-27(2,35-25(21)31)19-14-8-4-9-15-19;1-11(8-5-3-2-4-6-8)14-9(12)7-10(13)15-11/h3-17,28H,1-2H3;2-6H,7H2,1H3/b11-5+,16-10+,21-17?;. The molecule has 3 heterocycles. The van der Waals surface area contributed by atoms with Crippen molar-refractivity contribution >= 4 is 29.8 Å². The maximum Gasteiger partial charge on any atom is 0.349 e. The number of rotatable bonds is 6. The molecule has 6 rings (SSSR count). The quantitative estimate of drug-likeness (QED) is 0.0863. The van der Waals surface area contributed by atoms with Crippen molar-refractivity contribution in [3.63, 3.8) is 0 Å². The minimum atomic E-state index is -1.52. The molecule has 3 aliphatic heterocycles. The van der Waals surface area contributed by atoms with Gasteiger partial charge in [0.25, 0.3) is 23.3 Å². The molecule has 2 fully saturated rings. The summed E-state index contributed by atoms with van der Waals surface area (Å²) < 4.78 is 31.7. The summed E-state index contributed by atoms with van der Waals surface area (Å²) in [5.41, 5.74) is 1.25. The van der Waals surface area contributed by atoms with Gasteiger partial charge in [0.15, 0.2) is 0 Å². The first-order valence-corrected chi connectivity index (χ1v) is 15.3. The van der Waals surface area contributed by atoms with Crippen molar-refractivity contribution in [2.75, 3.05) is 0 Å². The average molecular weight is 681 g/mol. The first kappa shape index (κ1) is 34.9. The fourth-order valence-corrected chi connectivity index (χ4v) is 5.01. The van der Waals surface area contributed by atoms with Crippen molar-refractivity contribution in [1.29, 1.82) is 0 Å². The van der Waals surface area contributed by atoms with Gasteiger partial charge in [-0.3, -0.25) is 9.59 Å². The molecular weight excluding hydrogens is 648 g/mol. The Hall–Kier alpha value is -6.43. The van der Waals surface area contributed by atoms with Gasteiger partial charge in [-0.05, 0) is 12.2 Å². The number of hydrogen-bond donors (Lipinski definition) is 1. The van der Waals surface area contributed by atoms with Gasteiger partial charge in [-0.15, -0.1) is 0 Å². The Morgan fingerprint density at radius 3 is 1.36 bits per heavy atom. The molecule has 12 heteroatoms. The van der Waals surface area contributed by atoms with Crippen LogP contribution in [0.25, 0.3) is 0 Å². The number of aliphatic hydroxyl groups is 1. The molecule has 3 aromatic rings. The summed E-state index contributed by atoms with van der Waals surface area (Å²) in [5, 5.41) is 10.3. The molecule has 2 saturated heterocycles. The first-order chi connectivity index (χ1) is 23.8. The zero-order valence-corrected chi connectivity index (χ0v) is 27.2. The molecule has 256 valence electrons. The Kier molecular flexibility index (Phi) is 10.0. The molecule has 0 spiro atoms. The number of cyclic esters (lactones) is 5. The van der Waals surface area contributed by atoms with Crippen LogP contribution >= 0.6 is 0 Å². The highest BCUT2D eigenvalue weighted by Crippen LogP contribution is 2.35. The Morgan fingerprint density at radius 2 is 0.920 bits per heavy atom. The summed E-state index contributed by atoms with van der Waals surface area (Å²) in [5.74, 6) is -8.40. The second-order valence-electron chi connectivity index (χ2n) is 11.4. The molecule has 12 nitrogen and oxygen atoms in total. The molecule has 0 aromatic heterocycles. The van der Waals surface area contributed by atoms with Gasteiger partial charge < -0.3 is 33.5 Å². The van der Waals surface area contributed by atoms with Gasteiger partial charge in [-0.1, -0.05) is 109 Å². The van der Waals surface area contributed by atoms with E-state index in [0.717, 1.165) is 0 Å². The monoisotopic (exact) mass is 680 g/mol. The SMILES string of the molecule is CC1(c2ccccc2)OC(=O)C(=C/C=C/C=C/C2=C(O)OC(C)(c3ccccc3)OC2=O)C(=O)O1.CC1(c2ccccc2)OC(=O)CC(=O)O1. The van der Waals surface area contributed by atoms with Crippen LogP contribution in [0.2, 0.25) is 0 Å². The summed E-state index contributed by atoms with van der Waals surface area (Å²) >= 11 is 0. The second-order valence-corrected chi connectivity index (χ2v) is 11.4. The van der Waals surface area contributed by atoms with Crippen molar-refractivity contribution in [3.8, 4) is 0 Å². The van der Waals surface area contributed by atoms with E-state index in [4.69, 9.17) is 28.4 Å². The lowest BCUT2D eigenvalue weighted by Gasteiger charge is -2.33. The minimum absolute atomic E-state index is 0.189. The van der Waals surface area contributed by atoms with Gasteiger partial charge in [-0.25, -0.2) is 14.4 Å².